The van der Waals surface area contributed by atoms with E-state index in [1.165, 1.54) is 6.07 Å². The molecule has 2 aromatic rings. The van der Waals surface area contributed by atoms with Gasteiger partial charge >= 0.3 is 0 Å². The van der Waals surface area contributed by atoms with Crippen molar-refractivity contribution in [3.63, 3.8) is 0 Å². The van der Waals surface area contributed by atoms with Crippen LogP contribution in [-0.4, -0.2) is 11.9 Å². The van der Waals surface area contributed by atoms with Gasteiger partial charge in [0.25, 0.3) is 0 Å². The summed E-state index contributed by atoms with van der Waals surface area (Å²) in [4.78, 5) is 12.3. The molecule has 2 N–H and O–H groups in total. The van der Waals surface area contributed by atoms with Gasteiger partial charge in [0.05, 0.1) is 11.7 Å². The maximum absolute atomic E-state index is 13.7. The van der Waals surface area contributed by atoms with E-state index in [1.807, 2.05) is 30.3 Å². The Morgan fingerprint density at radius 2 is 1.83 bits per heavy atom. The van der Waals surface area contributed by atoms with E-state index in [2.05, 4.69) is 10.6 Å². The van der Waals surface area contributed by atoms with E-state index in [1.54, 1.807) is 6.92 Å². The molecule has 2 aromatic carbocycles. The molecular weight excluding hydrogens is 310 g/mol. The first-order valence-corrected chi connectivity index (χ1v) is 8.11. The molecule has 0 saturated heterocycles. The summed E-state index contributed by atoms with van der Waals surface area (Å²) in [5.74, 6) is -1.28. The van der Waals surface area contributed by atoms with Gasteiger partial charge in [0.15, 0.2) is 0 Å². The van der Waals surface area contributed by atoms with Crippen molar-refractivity contribution in [1.82, 2.24) is 5.32 Å². The number of carbonyl (C=O) groups is 1. The molecule has 1 saturated carbocycles. The van der Waals surface area contributed by atoms with E-state index in [9.17, 15) is 13.6 Å². The Morgan fingerprint density at radius 1 is 1.12 bits per heavy atom. The first-order chi connectivity index (χ1) is 11.5. The van der Waals surface area contributed by atoms with Crippen molar-refractivity contribution in [2.45, 2.75) is 31.8 Å². The molecular formula is C19H20F2N2O. The summed E-state index contributed by atoms with van der Waals surface area (Å²) >= 11 is 0. The number of rotatable bonds is 6. The van der Waals surface area contributed by atoms with Gasteiger partial charge in [-0.25, -0.2) is 8.78 Å². The fourth-order valence-corrected chi connectivity index (χ4v) is 2.77. The third kappa shape index (κ3) is 3.97. The van der Waals surface area contributed by atoms with E-state index in [0.717, 1.165) is 30.5 Å². The summed E-state index contributed by atoms with van der Waals surface area (Å²) in [6.45, 7) is 1.75. The predicted octanol–water partition coefficient (Wildman–Crippen LogP) is 4.03. The Labute approximate surface area is 140 Å². The summed E-state index contributed by atoms with van der Waals surface area (Å²) < 4.78 is 26.6. The second-order valence-corrected chi connectivity index (χ2v) is 6.23. The van der Waals surface area contributed by atoms with Gasteiger partial charge in [0.2, 0.25) is 5.91 Å². The molecule has 0 aliphatic heterocycles. The highest BCUT2D eigenvalue weighted by atomic mass is 19.1. The van der Waals surface area contributed by atoms with Crippen LogP contribution in [0.25, 0.3) is 0 Å². The molecule has 3 rings (SSSR count). The van der Waals surface area contributed by atoms with Gasteiger partial charge in [-0.1, -0.05) is 30.3 Å². The highest BCUT2D eigenvalue weighted by Crippen LogP contribution is 2.41. The molecule has 0 aromatic heterocycles. The monoisotopic (exact) mass is 330 g/mol. The molecule has 0 heterocycles. The van der Waals surface area contributed by atoms with E-state index < -0.39 is 17.7 Å². The molecule has 0 bridgehead atoms. The number of anilines is 1. The number of hydrogen-bond acceptors (Lipinski definition) is 2. The molecule has 1 aliphatic carbocycles. The maximum Gasteiger partial charge on any atom is 0.241 e. The van der Waals surface area contributed by atoms with Gasteiger partial charge in [0, 0.05) is 12.1 Å². The standard InChI is InChI=1S/C19H20F2N2O/c1-12(19(24)23-17-10-9-15(20)11-16(17)21)22-18(14-7-8-14)13-5-3-2-4-6-13/h2-6,9-12,14,18,22H,7-8H2,1H3,(H,23,24)/t12-,18+/m0/s1. The Bertz CT molecular complexity index is 717. The summed E-state index contributed by atoms with van der Waals surface area (Å²) in [6.07, 6.45) is 2.26. The van der Waals surface area contributed by atoms with E-state index in [0.29, 0.717) is 5.92 Å². The number of carbonyl (C=O) groups excluding carboxylic acids is 1. The Balaban J connectivity index is 1.66. The number of nitrogens with one attached hydrogen (secondary N) is 2. The summed E-state index contributed by atoms with van der Waals surface area (Å²) in [6, 6.07) is 12.7. The zero-order chi connectivity index (χ0) is 17.1. The van der Waals surface area contributed by atoms with Gasteiger partial charge in [0.1, 0.15) is 11.6 Å². The van der Waals surface area contributed by atoms with E-state index in [-0.39, 0.29) is 17.6 Å². The largest absolute Gasteiger partial charge is 0.322 e. The highest BCUT2D eigenvalue weighted by Gasteiger charge is 2.34. The molecule has 5 heteroatoms. The van der Waals surface area contributed by atoms with Crippen LogP contribution in [0, 0.1) is 17.6 Å². The maximum atomic E-state index is 13.7. The van der Waals surface area contributed by atoms with Crippen LogP contribution in [0.1, 0.15) is 31.4 Å². The molecule has 126 valence electrons. The second kappa shape index (κ2) is 7.09. The third-order valence-corrected chi connectivity index (χ3v) is 4.26. The molecule has 1 fully saturated rings. The average molecular weight is 330 g/mol. The fraction of sp³-hybridized carbons (Fsp3) is 0.316. The van der Waals surface area contributed by atoms with Crippen molar-refractivity contribution < 1.29 is 13.6 Å². The lowest BCUT2D eigenvalue weighted by Gasteiger charge is -2.23. The normalized spacial score (nSPS) is 16.5. The van der Waals surface area contributed by atoms with Crippen LogP contribution in [0.3, 0.4) is 0 Å². The zero-order valence-electron chi connectivity index (χ0n) is 13.4. The first kappa shape index (κ1) is 16.6. The van der Waals surface area contributed by atoms with Crippen molar-refractivity contribution in [3.8, 4) is 0 Å². The van der Waals surface area contributed by atoms with Crippen LogP contribution < -0.4 is 10.6 Å². The molecule has 0 radical (unpaired) electrons. The van der Waals surface area contributed by atoms with Crippen molar-refractivity contribution in [2.24, 2.45) is 5.92 Å². The topological polar surface area (TPSA) is 41.1 Å². The number of halogens is 2. The van der Waals surface area contributed by atoms with Gasteiger partial charge in [-0.05, 0) is 43.4 Å². The second-order valence-electron chi connectivity index (χ2n) is 6.23. The minimum atomic E-state index is -0.780. The Morgan fingerprint density at radius 3 is 2.46 bits per heavy atom. The van der Waals surface area contributed by atoms with E-state index in [4.69, 9.17) is 0 Å². The number of benzene rings is 2. The number of hydrogen-bond donors (Lipinski definition) is 2. The zero-order valence-corrected chi connectivity index (χ0v) is 13.4. The quantitative estimate of drug-likeness (QED) is 0.839. The summed E-state index contributed by atoms with van der Waals surface area (Å²) in [5, 5.41) is 5.85. The molecule has 3 nitrogen and oxygen atoms in total. The molecule has 24 heavy (non-hydrogen) atoms. The number of amides is 1. The van der Waals surface area contributed by atoms with Crippen LogP contribution in [0.4, 0.5) is 14.5 Å². The average Bonchev–Trinajstić information content (AvgIpc) is 3.40. The Kier molecular flexibility index (Phi) is 4.90. The van der Waals surface area contributed by atoms with Crippen LogP contribution in [-0.2, 0) is 4.79 Å². The predicted molar refractivity (Wildman–Crippen MR) is 89.5 cm³/mol. The molecule has 0 unspecified atom stereocenters. The molecule has 1 amide bonds. The molecule has 0 spiro atoms. The van der Waals surface area contributed by atoms with Crippen LogP contribution >= 0.6 is 0 Å². The first-order valence-electron chi connectivity index (χ1n) is 8.11. The Hall–Kier alpha value is -2.27. The minimum Gasteiger partial charge on any atom is -0.322 e. The van der Waals surface area contributed by atoms with Gasteiger partial charge in [-0.3, -0.25) is 10.1 Å². The SMILES string of the molecule is C[C@H](N[C@H](c1ccccc1)C1CC1)C(=O)Nc1ccc(F)cc1F. The van der Waals surface area contributed by atoms with Crippen LogP contribution in [0.15, 0.2) is 48.5 Å². The molecule has 2 atom stereocenters. The van der Waals surface area contributed by atoms with Gasteiger partial charge < -0.3 is 5.32 Å². The van der Waals surface area contributed by atoms with Crippen LogP contribution in [0.5, 0.6) is 0 Å². The lowest BCUT2D eigenvalue weighted by Crippen LogP contribution is -2.41. The summed E-state index contributed by atoms with van der Waals surface area (Å²) in [7, 11) is 0. The third-order valence-electron chi connectivity index (χ3n) is 4.26. The van der Waals surface area contributed by atoms with Gasteiger partial charge in [-0.2, -0.15) is 0 Å². The highest BCUT2D eigenvalue weighted by molar-refractivity contribution is 5.94. The van der Waals surface area contributed by atoms with Crippen molar-refractivity contribution in [3.05, 3.63) is 65.7 Å². The summed E-state index contributed by atoms with van der Waals surface area (Å²) in [5.41, 5.74) is 1.13. The lowest BCUT2D eigenvalue weighted by molar-refractivity contribution is -0.118. The van der Waals surface area contributed by atoms with Crippen LogP contribution in [0.2, 0.25) is 0 Å². The van der Waals surface area contributed by atoms with Crippen molar-refractivity contribution >= 4 is 11.6 Å². The van der Waals surface area contributed by atoms with Crippen molar-refractivity contribution in [1.29, 1.82) is 0 Å². The minimum absolute atomic E-state index is 0.0160. The fourth-order valence-electron chi connectivity index (χ4n) is 2.77. The smallest absolute Gasteiger partial charge is 0.241 e. The molecule has 1 aliphatic rings. The van der Waals surface area contributed by atoms with E-state index >= 15 is 0 Å². The van der Waals surface area contributed by atoms with Crippen molar-refractivity contribution in [2.75, 3.05) is 5.32 Å². The van der Waals surface area contributed by atoms with Gasteiger partial charge in [-0.15, -0.1) is 0 Å². The lowest BCUT2D eigenvalue weighted by atomic mass is 10.0.